The maximum atomic E-state index is 12.5. The van der Waals surface area contributed by atoms with E-state index in [1.54, 1.807) is 39.0 Å². The van der Waals surface area contributed by atoms with E-state index in [4.69, 9.17) is 0 Å². The van der Waals surface area contributed by atoms with Crippen LogP contribution in [0.15, 0.2) is 29.2 Å². The van der Waals surface area contributed by atoms with E-state index in [9.17, 15) is 13.2 Å². The first-order valence-corrected chi connectivity index (χ1v) is 10.1. The predicted octanol–water partition coefficient (Wildman–Crippen LogP) is 2.58. The second-order valence-electron chi connectivity index (χ2n) is 7.46. The Kier molecular flexibility index (Phi) is 6.29. The molecular weight excluding hydrogens is 340 g/mol. The summed E-state index contributed by atoms with van der Waals surface area (Å²) >= 11 is 0. The van der Waals surface area contributed by atoms with Gasteiger partial charge in [0.25, 0.3) is 0 Å². The highest BCUT2D eigenvalue weighted by Gasteiger charge is 2.24. The van der Waals surface area contributed by atoms with Crippen molar-refractivity contribution < 1.29 is 13.2 Å². The molecule has 0 spiro atoms. The van der Waals surface area contributed by atoms with Gasteiger partial charge in [-0.05, 0) is 51.7 Å². The van der Waals surface area contributed by atoms with Crippen LogP contribution >= 0.6 is 0 Å². The number of urea groups is 1. The lowest BCUT2D eigenvalue weighted by atomic mass is 10.1. The molecule has 0 radical (unpaired) electrons. The van der Waals surface area contributed by atoms with Gasteiger partial charge in [-0.15, -0.1) is 0 Å². The Bertz CT molecular complexity index is 692. The van der Waals surface area contributed by atoms with Gasteiger partial charge in [-0.25, -0.2) is 17.9 Å². The van der Waals surface area contributed by atoms with Crippen LogP contribution < -0.4 is 20.9 Å². The minimum Gasteiger partial charge on any atom is -0.336 e. The van der Waals surface area contributed by atoms with Gasteiger partial charge in [0.15, 0.2) is 0 Å². The van der Waals surface area contributed by atoms with Gasteiger partial charge in [0.1, 0.15) is 4.90 Å². The van der Waals surface area contributed by atoms with Crippen LogP contribution in [0.4, 0.5) is 10.5 Å². The molecule has 2 amide bonds. The van der Waals surface area contributed by atoms with Gasteiger partial charge in [0.2, 0.25) is 10.0 Å². The number of anilines is 1. The normalized spacial score (nSPS) is 15.8. The second kappa shape index (κ2) is 8.05. The first kappa shape index (κ1) is 19.5. The minimum atomic E-state index is -3.71. The zero-order valence-electron chi connectivity index (χ0n) is 15.1. The molecule has 0 saturated heterocycles. The summed E-state index contributed by atoms with van der Waals surface area (Å²) in [5, 5.41) is 2.81. The summed E-state index contributed by atoms with van der Waals surface area (Å²) in [6.45, 7) is 5.96. The number of rotatable bonds is 6. The number of nitrogens with one attached hydrogen (secondary N) is 4. The number of sulfonamides is 1. The van der Waals surface area contributed by atoms with Crippen molar-refractivity contribution in [2.75, 3.05) is 12.0 Å². The zero-order valence-corrected chi connectivity index (χ0v) is 15.9. The van der Waals surface area contributed by atoms with Crippen LogP contribution in [0, 0.1) is 5.92 Å². The van der Waals surface area contributed by atoms with Crippen molar-refractivity contribution in [1.82, 2.24) is 15.5 Å². The fourth-order valence-electron chi connectivity index (χ4n) is 2.88. The van der Waals surface area contributed by atoms with Crippen LogP contribution in [0.2, 0.25) is 0 Å². The van der Waals surface area contributed by atoms with Crippen molar-refractivity contribution >= 4 is 21.7 Å². The number of carbonyl (C=O) groups is 1. The van der Waals surface area contributed by atoms with E-state index >= 15 is 0 Å². The summed E-state index contributed by atoms with van der Waals surface area (Å²) in [7, 11) is -3.71. The molecule has 0 aromatic heterocycles. The van der Waals surface area contributed by atoms with Crippen molar-refractivity contribution in [1.29, 1.82) is 0 Å². The molecule has 1 fully saturated rings. The van der Waals surface area contributed by atoms with Crippen molar-refractivity contribution in [2.24, 2.45) is 5.92 Å². The van der Waals surface area contributed by atoms with Gasteiger partial charge in [-0.2, -0.15) is 0 Å². The van der Waals surface area contributed by atoms with E-state index < -0.39 is 15.6 Å². The van der Waals surface area contributed by atoms with Crippen LogP contribution in [0.5, 0.6) is 0 Å². The monoisotopic (exact) mass is 368 g/mol. The third kappa shape index (κ3) is 6.21. The van der Waals surface area contributed by atoms with Gasteiger partial charge in [-0.3, -0.25) is 10.9 Å². The topological polar surface area (TPSA) is 99.3 Å². The number of para-hydroxylation sites is 1. The first-order valence-electron chi connectivity index (χ1n) is 8.60. The maximum Gasteiger partial charge on any atom is 0.333 e. The van der Waals surface area contributed by atoms with Gasteiger partial charge >= 0.3 is 6.03 Å². The smallest absolute Gasteiger partial charge is 0.333 e. The van der Waals surface area contributed by atoms with Gasteiger partial charge in [0, 0.05) is 12.1 Å². The Balaban J connectivity index is 1.97. The third-order valence-electron chi connectivity index (χ3n) is 3.95. The number of hydrogen-bond acceptors (Lipinski definition) is 4. The molecule has 0 bridgehead atoms. The molecule has 7 nitrogen and oxygen atoms in total. The Hall–Kier alpha value is -1.80. The number of hydrazine groups is 1. The summed E-state index contributed by atoms with van der Waals surface area (Å²) in [6, 6.07) is 6.07. The fraction of sp³-hybridized carbons (Fsp3) is 0.588. The molecule has 25 heavy (non-hydrogen) atoms. The third-order valence-corrected chi connectivity index (χ3v) is 5.77. The summed E-state index contributed by atoms with van der Waals surface area (Å²) in [5.74, 6) is 0.536. The number of benzene rings is 1. The highest BCUT2D eigenvalue weighted by Crippen LogP contribution is 2.24. The molecule has 140 valence electrons. The second-order valence-corrected chi connectivity index (χ2v) is 9.11. The molecule has 4 N–H and O–H groups in total. The molecule has 2 rings (SSSR count). The number of amides is 2. The van der Waals surface area contributed by atoms with Crippen LogP contribution in [-0.2, 0) is 10.0 Å². The SMILES string of the molecule is CC(C)(C)NS(=O)(=O)c1ccccc1NNC(=O)NCC1CCCC1. The summed E-state index contributed by atoms with van der Waals surface area (Å²) in [6.07, 6.45) is 4.73. The number of carbonyl (C=O) groups excluding carboxylic acids is 1. The summed E-state index contributed by atoms with van der Waals surface area (Å²) in [4.78, 5) is 12.0. The van der Waals surface area contributed by atoms with Crippen molar-refractivity contribution in [3.8, 4) is 0 Å². The van der Waals surface area contributed by atoms with E-state index in [-0.39, 0.29) is 10.9 Å². The summed E-state index contributed by atoms with van der Waals surface area (Å²) in [5.41, 5.74) is 4.92. The Morgan fingerprint density at radius 1 is 1.16 bits per heavy atom. The molecule has 1 aromatic carbocycles. The Morgan fingerprint density at radius 2 is 1.80 bits per heavy atom. The lowest BCUT2D eigenvalue weighted by Gasteiger charge is -2.22. The fourth-order valence-corrected chi connectivity index (χ4v) is 4.46. The molecule has 1 aliphatic carbocycles. The highest BCUT2D eigenvalue weighted by atomic mass is 32.2. The molecule has 1 aliphatic rings. The average Bonchev–Trinajstić information content (AvgIpc) is 3.02. The Labute approximate surface area is 150 Å². The quantitative estimate of drug-likeness (QED) is 0.580. The van der Waals surface area contributed by atoms with Crippen molar-refractivity contribution in [3.05, 3.63) is 24.3 Å². The minimum absolute atomic E-state index is 0.0843. The molecule has 8 heteroatoms. The highest BCUT2D eigenvalue weighted by molar-refractivity contribution is 7.89. The van der Waals surface area contributed by atoms with Gasteiger partial charge in [0.05, 0.1) is 5.69 Å². The Morgan fingerprint density at radius 3 is 2.44 bits per heavy atom. The molecule has 0 unspecified atom stereocenters. The van der Waals surface area contributed by atoms with Gasteiger partial charge < -0.3 is 5.32 Å². The van der Waals surface area contributed by atoms with E-state index in [2.05, 4.69) is 20.9 Å². The molecule has 1 aromatic rings. The van der Waals surface area contributed by atoms with E-state index in [0.717, 1.165) is 12.8 Å². The first-order chi connectivity index (χ1) is 11.7. The maximum absolute atomic E-state index is 12.5. The van der Waals surface area contributed by atoms with E-state index in [1.165, 1.54) is 18.9 Å². The lowest BCUT2D eigenvalue weighted by Crippen LogP contribution is -2.42. The van der Waals surface area contributed by atoms with Crippen LogP contribution in [0.1, 0.15) is 46.5 Å². The van der Waals surface area contributed by atoms with E-state index in [1.807, 2.05) is 0 Å². The van der Waals surface area contributed by atoms with Crippen LogP contribution in [0.25, 0.3) is 0 Å². The van der Waals surface area contributed by atoms with Crippen molar-refractivity contribution in [3.63, 3.8) is 0 Å². The van der Waals surface area contributed by atoms with Crippen molar-refractivity contribution in [2.45, 2.75) is 56.9 Å². The molecular formula is C17H28N4O3S. The lowest BCUT2D eigenvalue weighted by molar-refractivity contribution is 0.241. The summed E-state index contributed by atoms with van der Waals surface area (Å²) < 4.78 is 27.7. The molecule has 1 saturated carbocycles. The average molecular weight is 369 g/mol. The largest absolute Gasteiger partial charge is 0.336 e. The van der Waals surface area contributed by atoms with Crippen LogP contribution in [-0.4, -0.2) is 26.5 Å². The van der Waals surface area contributed by atoms with E-state index in [0.29, 0.717) is 18.2 Å². The molecule has 0 aliphatic heterocycles. The predicted molar refractivity (Wildman–Crippen MR) is 98.6 cm³/mol. The standard InChI is InChI=1S/C17H28N4O3S/c1-17(2,3)21-25(23,24)15-11-7-6-10-14(15)19-20-16(22)18-12-13-8-4-5-9-13/h6-7,10-11,13,19,21H,4-5,8-9,12H2,1-3H3,(H2,18,20,22). The molecule has 0 atom stereocenters. The van der Waals surface area contributed by atoms with Crippen LogP contribution in [0.3, 0.4) is 0 Å². The molecule has 0 heterocycles. The number of hydrogen-bond donors (Lipinski definition) is 4. The van der Waals surface area contributed by atoms with Gasteiger partial charge in [-0.1, -0.05) is 25.0 Å². The zero-order chi connectivity index (χ0) is 18.5.